The average Bonchev–Trinajstić information content (AvgIpc) is 1.64. The molecule has 27 nitrogen and oxygen atoms in total. The van der Waals surface area contributed by atoms with Crippen LogP contribution in [-0.2, 0) is 66.1 Å². The fourth-order valence-electron chi connectivity index (χ4n) is 14.4. The van der Waals surface area contributed by atoms with Gasteiger partial charge in [0.25, 0.3) is 0 Å². The Morgan fingerprint density at radius 2 is 0.765 bits per heavy atom. The van der Waals surface area contributed by atoms with E-state index in [9.17, 15) is 78.9 Å². The SMILES string of the molecule is CCN1CCc2c(c(-c3cc(F)ccc3F)nn2C(=O)N[C@H](C(=O)NC)C(C)(C)C)C1.CN1CCc2c(c(-c3cc(F)ccc3F)nn2C(=O)N[C@H](CO)C(C)(C)C)C1.CNC(=O)[C@@H](NC(=O)n1nc(-c2cc(F)ccc2F)c2c1CCN(C)C2)C(C)(C)C.CNC(=O)[C@@H](NC(=O)n1nc(-c2ccc(F)c(F)c2)c2c1CCC(O)C2)C(C)(C)C. The highest BCUT2D eigenvalue weighted by atomic mass is 19.2. The van der Waals surface area contributed by atoms with Gasteiger partial charge in [0.15, 0.2) is 11.6 Å². The number of nitrogens with zero attached hydrogens (tertiary/aromatic N) is 11. The van der Waals surface area contributed by atoms with Crippen molar-refractivity contribution in [3.63, 3.8) is 0 Å². The molecule has 4 aromatic heterocycles. The van der Waals surface area contributed by atoms with Crippen LogP contribution < -0.4 is 37.2 Å². The molecule has 4 aromatic carbocycles. The molecule has 0 saturated carbocycles. The largest absolute Gasteiger partial charge is 0.394 e. The first-order chi connectivity index (χ1) is 55.7. The fourth-order valence-corrected chi connectivity index (χ4v) is 14.4. The minimum absolute atomic E-state index is 0.00627. The predicted octanol–water partition coefficient (Wildman–Crippen LogP) is 10.6. The molecule has 35 heteroatoms. The van der Waals surface area contributed by atoms with Crippen LogP contribution in [-0.4, -0.2) is 204 Å². The Kier molecular flexibility index (Phi) is 29.2. The molecule has 4 aliphatic rings. The normalized spacial score (nSPS) is 16.0. The van der Waals surface area contributed by atoms with Gasteiger partial charge in [0.2, 0.25) is 17.7 Å². The van der Waals surface area contributed by atoms with Crippen molar-refractivity contribution in [3.8, 4) is 45.0 Å². The van der Waals surface area contributed by atoms with E-state index in [2.05, 4.69) is 62.5 Å². The molecule has 7 heterocycles. The lowest BCUT2D eigenvalue weighted by atomic mass is 9.86. The van der Waals surface area contributed by atoms with E-state index < -0.39 is 117 Å². The van der Waals surface area contributed by atoms with Crippen molar-refractivity contribution in [3.05, 3.63) is 164 Å². The molecular formula is C84H108F8N18O9. The quantitative estimate of drug-likeness (QED) is 0.0485. The lowest BCUT2D eigenvalue weighted by molar-refractivity contribution is -0.125. The summed E-state index contributed by atoms with van der Waals surface area (Å²) in [4.78, 5) is 95.4. The standard InChI is InChI=1S/C22H29F2N5O2.C21H27F2N5O2.C21H26F2N4O3.C20H26F2N4O2/c1-6-28-10-9-17-15(12-28)18(14-11-13(23)7-8-16(14)24)27-29(17)21(31)26-19(20(30)25-5)22(2,3)4;1-21(2,3)18(19(29)24-4)25-20(30)28-16-8-9-27(5)11-14(16)17(26-28)13-10-12(22)6-7-15(13)23;1-21(2,3)18(19(29)24-4)25-20(30)27-16-8-6-12(28)10-13(16)17(26-27)11-5-7-14(22)15(23)9-11;1-20(2,3)17(11-27)23-19(28)26-16-7-8-25(4)10-14(16)18(24-26)13-9-12(21)5-6-15(13)22/h7-8,11,19H,6,9-10,12H2,1-5H3,(H,25,30)(H,26,31);6-7,10,18H,8-9,11H2,1-5H3,(H,24,29)(H,25,30);5,7,9,12,18,28H,6,8,10H2,1-4H3,(H,24,29)(H,25,30);5-6,9,17,27H,7-8,10-11H2,1-4H3,(H,23,28)/t19-;18-;12?,18-;17-/m1111/s1. The van der Waals surface area contributed by atoms with Crippen LogP contribution in [0.3, 0.4) is 0 Å². The minimum Gasteiger partial charge on any atom is -0.394 e. The number of carbonyl (C=O) groups excluding carboxylic acids is 7. The Morgan fingerprint density at radius 1 is 0.429 bits per heavy atom. The summed E-state index contributed by atoms with van der Waals surface area (Å²) in [6, 6.07) is 7.85. The number of carbonyl (C=O) groups is 7. The molecule has 0 spiro atoms. The molecular weight excluding hydrogens is 1560 g/mol. The third kappa shape index (κ3) is 21.5. The molecule has 0 bridgehead atoms. The van der Waals surface area contributed by atoms with Gasteiger partial charge < -0.3 is 57.2 Å². The van der Waals surface area contributed by atoms with Crippen LogP contribution in [0.25, 0.3) is 45.0 Å². The van der Waals surface area contributed by atoms with Crippen LogP contribution in [0.15, 0.2) is 72.8 Å². The molecule has 12 rings (SSSR count). The number of halogens is 8. The number of nitrogens with one attached hydrogen (secondary N) is 7. The summed E-state index contributed by atoms with van der Waals surface area (Å²) in [5, 5.41) is 55.9. The molecule has 7 amide bonds. The Balaban J connectivity index is 0.000000181. The second-order valence-electron chi connectivity index (χ2n) is 34.4. The van der Waals surface area contributed by atoms with Crippen molar-refractivity contribution < 1.29 is 78.9 Å². The first-order valence-corrected chi connectivity index (χ1v) is 39.2. The van der Waals surface area contributed by atoms with Gasteiger partial charge >= 0.3 is 24.1 Å². The molecule has 1 unspecified atom stereocenters. The van der Waals surface area contributed by atoms with Crippen LogP contribution in [0.5, 0.6) is 0 Å². The summed E-state index contributed by atoms with van der Waals surface area (Å²) >= 11 is 0. The zero-order valence-electron chi connectivity index (χ0n) is 70.4. The highest BCUT2D eigenvalue weighted by Gasteiger charge is 2.40. The van der Waals surface area contributed by atoms with Gasteiger partial charge in [-0.3, -0.25) is 19.3 Å². The summed E-state index contributed by atoms with van der Waals surface area (Å²) in [6.45, 7) is 28.4. The molecule has 0 radical (unpaired) electrons. The second-order valence-corrected chi connectivity index (χ2v) is 34.4. The average molecular weight is 1670 g/mol. The number of benzene rings is 4. The van der Waals surface area contributed by atoms with Crippen molar-refractivity contribution in [2.24, 2.45) is 21.7 Å². The van der Waals surface area contributed by atoms with Crippen molar-refractivity contribution in [1.82, 2.24) is 91.0 Å². The predicted molar refractivity (Wildman–Crippen MR) is 431 cm³/mol. The minimum atomic E-state index is -1.02. The van der Waals surface area contributed by atoms with Crippen LogP contribution >= 0.6 is 0 Å². The van der Waals surface area contributed by atoms with Gasteiger partial charge in [-0.2, -0.15) is 39.1 Å². The molecule has 9 N–H and O–H groups in total. The lowest BCUT2D eigenvalue weighted by Gasteiger charge is -2.30. The Hall–Kier alpha value is -10.8. The smallest absolute Gasteiger partial charge is 0.343 e. The molecule has 5 atom stereocenters. The van der Waals surface area contributed by atoms with E-state index in [1.807, 2.05) is 114 Å². The summed E-state index contributed by atoms with van der Waals surface area (Å²) in [5.41, 5.74) is 4.67. The Morgan fingerprint density at radius 3 is 1.10 bits per heavy atom. The second kappa shape index (κ2) is 37.7. The number of amides is 7. The number of fused-ring (bicyclic) bond motifs is 4. The van der Waals surface area contributed by atoms with Gasteiger partial charge in [0.05, 0.1) is 47.2 Å². The first kappa shape index (κ1) is 92.1. The Labute approximate surface area is 686 Å². The Bertz CT molecular complexity index is 5090. The molecule has 119 heavy (non-hydrogen) atoms. The van der Waals surface area contributed by atoms with Crippen molar-refractivity contribution >= 4 is 41.8 Å². The zero-order chi connectivity index (χ0) is 88.0. The van der Waals surface area contributed by atoms with Crippen LogP contribution in [0.1, 0.15) is 141 Å². The van der Waals surface area contributed by atoms with Crippen LogP contribution in [0.2, 0.25) is 0 Å². The van der Waals surface area contributed by atoms with E-state index >= 15 is 0 Å². The third-order valence-corrected chi connectivity index (χ3v) is 21.3. The number of aliphatic hydroxyl groups excluding tert-OH is 2. The van der Waals surface area contributed by atoms with E-state index in [1.54, 1.807) is 0 Å². The van der Waals surface area contributed by atoms with Gasteiger partial charge in [-0.25, -0.2) is 54.3 Å². The van der Waals surface area contributed by atoms with Gasteiger partial charge in [-0.1, -0.05) is 90.0 Å². The maximum atomic E-state index is 14.5. The summed E-state index contributed by atoms with van der Waals surface area (Å²) < 4.78 is 117. The summed E-state index contributed by atoms with van der Waals surface area (Å²) in [7, 11) is 8.34. The molecule has 644 valence electrons. The van der Waals surface area contributed by atoms with Gasteiger partial charge in [-0.15, -0.1) is 0 Å². The first-order valence-electron chi connectivity index (χ1n) is 39.2. The van der Waals surface area contributed by atoms with Crippen LogP contribution in [0, 0.1) is 68.2 Å². The van der Waals surface area contributed by atoms with Gasteiger partial charge in [-0.05, 0) is 128 Å². The topological polar surface area (TPSA) is 325 Å². The molecule has 1 aliphatic carbocycles. The highest BCUT2D eigenvalue weighted by molar-refractivity contribution is 5.91. The number of hydrogen-bond acceptors (Lipinski definition) is 16. The van der Waals surface area contributed by atoms with Gasteiger partial charge in [0.1, 0.15) is 70.1 Å². The monoisotopic (exact) mass is 1660 g/mol. The van der Waals surface area contributed by atoms with Crippen LogP contribution in [0.4, 0.5) is 54.3 Å². The number of aromatic nitrogens is 8. The summed E-state index contributed by atoms with van der Waals surface area (Å²) in [6.07, 6.45) is 2.07. The van der Waals surface area contributed by atoms with E-state index in [0.29, 0.717) is 121 Å². The van der Waals surface area contributed by atoms with E-state index in [-0.39, 0.29) is 69.9 Å². The highest BCUT2D eigenvalue weighted by Crippen LogP contribution is 2.38. The molecule has 3 aliphatic heterocycles. The number of rotatable bonds is 13. The van der Waals surface area contributed by atoms with Crippen molar-refractivity contribution in [1.29, 1.82) is 0 Å². The number of hydrogen-bond donors (Lipinski definition) is 9. The van der Waals surface area contributed by atoms with Crippen molar-refractivity contribution in [2.75, 3.05) is 68.0 Å². The number of likely N-dealkylation sites (N-methyl/N-ethyl adjacent to an activating group) is 6. The number of aliphatic hydroxyl groups is 2. The fraction of sp³-hybridized carbons (Fsp3) is 0.488. The maximum absolute atomic E-state index is 14.5. The maximum Gasteiger partial charge on any atom is 0.343 e. The molecule has 8 aromatic rings. The zero-order valence-corrected chi connectivity index (χ0v) is 70.4. The van der Waals surface area contributed by atoms with Gasteiger partial charge in [0, 0.05) is 131 Å². The van der Waals surface area contributed by atoms with Crippen molar-refractivity contribution in [2.45, 2.75) is 178 Å². The third-order valence-electron chi connectivity index (χ3n) is 21.3. The molecule has 0 fully saturated rings. The lowest BCUT2D eigenvalue weighted by Crippen LogP contribution is -2.54. The van der Waals surface area contributed by atoms with E-state index in [4.69, 9.17) is 0 Å². The molecule has 0 saturated heterocycles. The van der Waals surface area contributed by atoms with E-state index in [0.717, 1.165) is 79.8 Å². The van der Waals surface area contributed by atoms with E-state index in [1.165, 1.54) is 45.9 Å². The summed E-state index contributed by atoms with van der Waals surface area (Å²) in [5.74, 6) is -6.55.